The third-order valence-electron chi connectivity index (χ3n) is 3.88. The fourth-order valence-corrected chi connectivity index (χ4v) is 2.39. The number of aliphatic hydroxyl groups excluding tert-OH is 1. The smallest absolute Gasteiger partial charge is 0.329 e. The number of hydrogen-bond donors (Lipinski definition) is 6. The first kappa shape index (κ1) is 27.4. The van der Waals surface area contributed by atoms with Crippen LogP contribution in [0.4, 0.5) is 0 Å². The molecule has 0 heterocycles. The van der Waals surface area contributed by atoms with Gasteiger partial charge in [-0.3, -0.25) is 10.2 Å². The Hall–Kier alpha value is -1.83. The van der Waals surface area contributed by atoms with Crippen LogP contribution in [0.15, 0.2) is 0 Å². The number of carboxylic acids is 1. The second-order valence-electron chi connectivity index (χ2n) is 6.53. The number of carbonyl (C=O) groups is 2. The van der Waals surface area contributed by atoms with Crippen LogP contribution in [0.3, 0.4) is 0 Å². The van der Waals surface area contributed by atoms with Crippen molar-refractivity contribution in [2.45, 2.75) is 84.0 Å². The monoisotopic (exact) mass is 388 g/mol. The van der Waals surface area contributed by atoms with Gasteiger partial charge in [0.05, 0.1) is 0 Å². The molecule has 0 saturated heterocycles. The minimum absolute atomic E-state index is 0.00870. The molecule has 0 aliphatic heterocycles. The molecule has 0 bridgehead atoms. The average Bonchev–Trinajstić information content (AvgIpc) is 2.63. The van der Waals surface area contributed by atoms with Crippen molar-refractivity contribution in [3.8, 4) is 0 Å². The molecule has 27 heavy (non-hydrogen) atoms. The summed E-state index contributed by atoms with van der Waals surface area (Å²) in [5, 5.41) is 27.7. The van der Waals surface area contributed by atoms with Gasteiger partial charge in [0.1, 0.15) is 6.61 Å². The second-order valence-corrected chi connectivity index (χ2v) is 6.53. The van der Waals surface area contributed by atoms with E-state index in [-0.39, 0.29) is 11.9 Å². The fourth-order valence-electron chi connectivity index (χ4n) is 2.39. The van der Waals surface area contributed by atoms with E-state index in [0.29, 0.717) is 13.0 Å². The highest BCUT2D eigenvalue weighted by molar-refractivity contribution is 5.75. The second kappa shape index (κ2) is 22.2. The lowest BCUT2D eigenvalue weighted by molar-refractivity contribution is -0.140. The lowest BCUT2D eigenvalue weighted by Crippen LogP contribution is -2.31. The van der Waals surface area contributed by atoms with Crippen LogP contribution in [0, 0.1) is 5.41 Å². The van der Waals surface area contributed by atoms with Gasteiger partial charge >= 0.3 is 5.97 Å². The first-order chi connectivity index (χ1) is 12.9. The number of amides is 1. The summed E-state index contributed by atoms with van der Waals surface area (Å²) in [6.45, 7) is 2.88. The maximum absolute atomic E-state index is 11.6. The zero-order valence-electron chi connectivity index (χ0n) is 16.9. The molecule has 0 aliphatic rings. The number of unbranched alkanes of at least 4 members (excludes halogenated alkanes) is 9. The molecule has 7 N–H and O–H groups in total. The summed E-state index contributed by atoms with van der Waals surface area (Å²) in [5.74, 6) is -1.01. The van der Waals surface area contributed by atoms with Gasteiger partial charge in [0.25, 0.3) is 0 Å². The van der Waals surface area contributed by atoms with E-state index in [1.807, 2.05) is 0 Å². The van der Waals surface area contributed by atoms with Gasteiger partial charge in [-0.25, -0.2) is 4.79 Å². The molecule has 8 nitrogen and oxygen atoms in total. The molecule has 0 aromatic heterocycles. The minimum Gasteiger partial charge on any atom is -0.480 e. The predicted molar refractivity (Wildman–Crippen MR) is 109 cm³/mol. The van der Waals surface area contributed by atoms with Gasteiger partial charge in [-0.2, -0.15) is 0 Å². The number of nitrogens with one attached hydrogen (secondary N) is 3. The van der Waals surface area contributed by atoms with E-state index < -0.39 is 12.6 Å². The van der Waals surface area contributed by atoms with Crippen molar-refractivity contribution in [3.63, 3.8) is 0 Å². The predicted octanol–water partition coefficient (Wildman–Crippen LogP) is 2.35. The van der Waals surface area contributed by atoms with Crippen molar-refractivity contribution in [3.05, 3.63) is 0 Å². The standard InChI is InChI=1S/C17H36N4O.C2H4O3/c1-2-3-4-5-6-7-8-9-10-13-16(22)20-14-11-12-15-21-17(18)19;3-1-2(4)5/h2-15H2,1H3,(H,20,22)(H4,18,19,21);3H,1H2,(H,4,5). The van der Waals surface area contributed by atoms with Gasteiger partial charge in [0.15, 0.2) is 5.96 Å². The number of nitrogens with two attached hydrogens (primary N) is 1. The molecule has 0 rings (SSSR count). The lowest BCUT2D eigenvalue weighted by atomic mass is 10.1. The zero-order chi connectivity index (χ0) is 20.8. The van der Waals surface area contributed by atoms with Crippen LogP contribution >= 0.6 is 0 Å². The molecule has 0 fully saturated rings. The van der Waals surface area contributed by atoms with Gasteiger partial charge in [0.2, 0.25) is 5.91 Å². The van der Waals surface area contributed by atoms with E-state index in [4.69, 9.17) is 26.2 Å². The van der Waals surface area contributed by atoms with E-state index >= 15 is 0 Å². The Morgan fingerprint density at radius 1 is 0.852 bits per heavy atom. The highest BCUT2D eigenvalue weighted by Gasteiger charge is 2.00. The summed E-state index contributed by atoms with van der Waals surface area (Å²) in [4.78, 5) is 20.7. The van der Waals surface area contributed by atoms with Gasteiger partial charge < -0.3 is 26.6 Å². The van der Waals surface area contributed by atoms with Gasteiger partial charge in [-0.1, -0.05) is 58.3 Å². The average molecular weight is 389 g/mol. The number of carboxylic acid groups (broad SMARTS) is 1. The summed E-state index contributed by atoms with van der Waals surface area (Å²) in [6.07, 6.45) is 14.0. The Morgan fingerprint density at radius 3 is 1.74 bits per heavy atom. The van der Waals surface area contributed by atoms with Crippen molar-refractivity contribution in [2.75, 3.05) is 19.7 Å². The van der Waals surface area contributed by atoms with Crippen LogP contribution in [0.25, 0.3) is 0 Å². The van der Waals surface area contributed by atoms with Crippen LogP contribution in [-0.2, 0) is 9.59 Å². The highest BCUT2D eigenvalue weighted by Crippen LogP contribution is 2.10. The molecule has 0 radical (unpaired) electrons. The Bertz CT molecular complexity index is 379. The number of rotatable bonds is 16. The summed E-state index contributed by atoms with van der Waals surface area (Å²) < 4.78 is 0. The SMILES string of the molecule is CCCCCCCCCCCC(=O)NCCCCNC(=N)N.O=C(O)CO. The third kappa shape index (κ3) is 29.2. The van der Waals surface area contributed by atoms with E-state index in [2.05, 4.69) is 17.6 Å². The Labute approximate surface area is 163 Å². The first-order valence-corrected chi connectivity index (χ1v) is 10.1. The molecule has 0 unspecified atom stereocenters. The number of hydrogen-bond acceptors (Lipinski definition) is 4. The molecular weight excluding hydrogens is 348 g/mol. The Morgan fingerprint density at radius 2 is 1.30 bits per heavy atom. The van der Waals surface area contributed by atoms with Gasteiger partial charge in [0, 0.05) is 19.5 Å². The first-order valence-electron chi connectivity index (χ1n) is 10.1. The van der Waals surface area contributed by atoms with E-state index in [1.54, 1.807) is 0 Å². The molecule has 0 aliphatic carbocycles. The van der Waals surface area contributed by atoms with Crippen molar-refractivity contribution in [2.24, 2.45) is 5.73 Å². The van der Waals surface area contributed by atoms with Crippen LogP contribution in [-0.4, -0.2) is 47.7 Å². The normalized spacial score (nSPS) is 9.85. The summed E-state index contributed by atoms with van der Waals surface area (Å²) in [5.41, 5.74) is 5.18. The largest absolute Gasteiger partial charge is 0.480 e. The molecule has 0 saturated carbocycles. The molecule has 0 atom stereocenters. The quantitative estimate of drug-likeness (QED) is 0.136. The molecule has 160 valence electrons. The number of aliphatic carboxylic acids is 1. The maximum Gasteiger partial charge on any atom is 0.329 e. The highest BCUT2D eigenvalue weighted by atomic mass is 16.4. The third-order valence-corrected chi connectivity index (χ3v) is 3.88. The van der Waals surface area contributed by atoms with Gasteiger partial charge in [-0.15, -0.1) is 0 Å². The fraction of sp³-hybridized carbons (Fsp3) is 0.842. The van der Waals surface area contributed by atoms with Gasteiger partial charge in [-0.05, 0) is 19.3 Å². The van der Waals surface area contributed by atoms with Crippen LogP contribution in [0.5, 0.6) is 0 Å². The molecule has 1 amide bonds. The number of aliphatic hydroxyl groups is 1. The topological polar surface area (TPSA) is 149 Å². The van der Waals surface area contributed by atoms with Crippen LogP contribution < -0.4 is 16.4 Å². The molecule has 0 aromatic rings. The molecule has 8 heteroatoms. The number of guanidine groups is 1. The van der Waals surface area contributed by atoms with Crippen molar-refractivity contribution in [1.29, 1.82) is 5.41 Å². The maximum atomic E-state index is 11.6. The number of carbonyl (C=O) groups excluding carboxylic acids is 1. The van der Waals surface area contributed by atoms with Crippen molar-refractivity contribution < 1.29 is 19.8 Å². The molecular formula is C19H40N4O4. The Kier molecular flexibility index (Phi) is 22.5. The van der Waals surface area contributed by atoms with E-state index in [0.717, 1.165) is 25.8 Å². The summed E-state index contributed by atoms with van der Waals surface area (Å²) >= 11 is 0. The van der Waals surface area contributed by atoms with Crippen molar-refractivity contribution in [1.82, 2.24) is 10.6 Å². The Balaban J connectivity index is 0. The summed E-state index contributed by atoms with van der Waals surface area (Å²) in [7, 11) is 0. The van der Waals surface area contributed by atoms with Crippen molar-refractivity contribution >= 4 is 17.8 Å². The lowest BCUT2D eigenvalue weighted by Gasteiger charge is -2.06. The zero-order valence-corrected chi connectivity index (χ0v) is 16.9. The van der Waals surface area contributed by atoms with Crippen LogP contribution in [0.1, 0.15) is 84.0 Å². The van der Waals surface area contributed by atoms with Crippen LogP contribution in [0.2, 0.25) is 0 Å². The van der Waals surface area contributed by atoms with E-state index in [9.17, 15) is 4.79 Å². The van der Waals surface area contributed by atoms with E-state index in [1.165, 1.54) is 51.4 Å². The summed E-state index contributed by atoms with van der Waals surface area (Å²) in [6, 6.07) is 0. The minimum atomic E-state index is -1.19. The molecule has 0 aromatic carbocycles. The molecule has 0 spiro atoms.